The van der Waals surface area contributed by atoms with Crippen LogP contribution in [0.25, 0.3) is 0 Å². The van der Waals surface area contributed by atoms with Crippen LogP contribution in [0.15, 0.2) is 0 Å². The molecule has 0 saturated carbocycles. The van der Waals surface area contributed by atoms with Gasteiger partial charge in [-0.25, -0.2) is 0 Å². The average Bonchev–Trinajstić information content (AvgIpc) is 2.38. The summed E-state index contributed by atoms with van der Waals surface area (Å²) in [6.45, 7) is 7.97. The quantitative estimate of drug-likeness (QED) is 0.338. The molecule has 0 aliphatic heterocycles. The number of unbranched alkanes of at least 4 members (excludes halogenated alkanes) is 2. The molecule has 0 rings (SSSR count). The van der Waals surface area contributed by atoms with Crippen LogP contribution in [-0.4, -0.2) is 30.1 Å². The Morgan fingerprint density at radius 1 is 0.950 bits per heavy atom. The van der Waals surface area contributed by atoms with Crippen LogP contribution in [0, 0.1) is 0 Å². The van der Waals surface area contributed by atoms with Gasteiger partial charge in [0.05, 0.1) is 0 Å². The van der Waals surface area contributed by atoms with Crippen molar-refractivity contribution < 1.29 is 41.3 Å². The van der Waals surface area contributed by atoms with E-state index in [2.05, 4.69) is 13.8 Å². The molecule has 0 saturated heterocycles. The van der Waals surface area contributed by atoms with E-state index in [1.807, 2.05) is 6.92 Å². The molecule has 20 heavy (non-hydrogen) atoms. The maximum absolute atomic E-state index is 10.5. The van der Waals surface area contributed by atoms with E-state index in [-0.39, 0.29) is 12.2 Å². The van der Waals surface area contributed by atoms with E-state index in [0.29, 0.717) is 6.42 Å². The van der Waals surface area contributed by atoms with Gasteiger partial charge < -0.3 is 5.11 Å². The number of ketones is 1. The number of carboxylic acid groups (broad SMARTS) is 1. The van der Waals surface area contributed by atoms with Crippen LogP contribution < -0.4 is 0 Å². The van der Waals surface area contributed by atoms with Crippen molar-refractivity contribution in [1.29, 1.82) is 0 Å². The summed E-state index contributed by atoms with van der Waals surface area (Å²) in [5.74, 6) is -1.22. The predicted octanol–water partition coefficient (Wildman–Crippen LogP) is 3.36. The number of hydrogen-bond acceptors (Lipinski definition) is 4. The predicted molar refractivity (Wildman–Crippen MR) is 73.9 cm³/mol. The molecule has 0 amide bonds. The number of carbonyl (C=O) groups is 2. The summed E-state index contributed by atoms with van der Waals surface area (Å²) in [5, 5.41) is 8.09. The molecule has 5 nitrogen and oxygen atoms in total. The van der Waals surface area contributed by atoms with Crippen molar-refractivity contribution in [3.63, 3.8) is 0 Å². The summed E-state index contributed by atoms with van der Waals surface area (Å²) >= 11 is -0.519. The summed E-state index contributed by atoms with van der Waals surface area (Å²) in [7, 11) is 0. The van der Waals surface area contributed by atoms with E-state index in [0.717, 1.165) is 19.6 Å². The third kappa shape index (κ3) is 22.9. The Morgan fingerprint density at radius 2 is 1.45 bits per heavy atom. The Hall–Kier alpha value is -0.226. The van der Waals surface area contributed by atoms with Crippen molar-refractivity contribution in [1.82, 2.24) is 0 Å². The van der Waals surface area contributed by atoms with Gasteiger partial charge in [0.15, 0.2) is 0 Å². The fourth-order valence-corrected chi connectivity index (χ4v) is 1.94. The summed E-state index contributed by atoms with van der Waals surface area (Å²) in [6, 6.07) is 0. The molecule has 0 aliphatic rings. The van der Waals surface area contributed by atoms with Crippen LogP contribution in [0.4, 0.5) is 0 Å². The van der Waals surface area contributed by atoms with Gasteiger partial charge >= 0.3 is 85.3 Å². The Balaban J connectivity index is 0. The first-order valence-corrected chi connectivity index (χ1v) is 8.57. The van der Waals surface area contributed by atoms with Crippen molar-refractivity contribution in [2.24, 2.45) is 0 Å². The van der Waals surface area contributed by atoms with Gasteiger partial charge in [0.2, 0.25) is 0 Å². The normalized spacial score (nSPS) is 9.55. The summed E-state index contributed by atoms with van der Waals surface area (Å²) in [4.78, 5) is 20.3. The van der Waals surface area contributed by atoms with Crippen LogP contribution in [0.2, 0.25) is 0 Å². The molecular weight excluding hydrogens is 296 g/mol. The number of carboxylic acids is 1. The number of carbonyl (C=O) groups excluding carboxylic acids is 1. The molecule has 0 aromatic rings. The zero-order chi connectivity index (χ0) is 15.6. The first-order valence-electron chi connectivity index (χ1n) is 7.30. The van der Waals surface area contributed by atoms with Crippen LogP contribution in [-0.2, 0) is 36.2 Å². The summed E-state index contributed by atoms with van der Waals surface area (Å²) in [6.07, 6.45) is 5.54. The molecule has 0 radical (unpaired) electrons. The van der Waals surface area contributed by atoms with Crippen molar-refractivity contribution in [2.45, 2.75) is 65.7 Å². The van der Waals surface area contributed by atoms with Crippen LogP contribution in [0.1, 0.15) is 65.7 Å². The Kier molecular flexibility index (Phi) is 20.7. The fraction of sp³-hybridized carbons (Fsp3) is 0.857. The molecule has 0 heterocycles. The van der Waals surface area contributed by atoms with Gasteiger partial charge in [-0.3, -0.25) is 9.59 Å². The van der Waals surface area contributed by atoms with E-state index in [9.17, 15) is 9.59 Å². The fourth-order valence-electron chi connectivity index (χ4n) is 1.09. The van der Waals surface area contributed by atoms with Crippen molar-refractivity contribution in [3.8, 4) is 0 Å². The van der Waals surface area contributed by atoms with Gasteiger partial charge in [-0.2, -0.15) is 0 Å². The van der Waals surface area contributed by atoms with Gasteiger partial charge in [0, 0.05) is 6.42 Å². The molecule has 6 heteroatoms. The topological polar surface area (TPSA) is 72.8 Å². The van der Waals surface area contributed by atoms with Gasteiger partial charge in [-0.15, -0.1) is 0 Å². The monoisotopic (exact) mass is 324 g/mol. The second-order valence-corrected chi connectivity index (χ2v) is 5.51. The third-order valence-electron chi connectivity index (χ3n) is 2.19. The van der Waals surface area contributed by atoms with E-state index in [1.54, 1.807) is 0 Å². The zero-order valence-corrected chi connectivity index (χ0v) is 14.5. The first-order chi connectivity index (χ1) is 9.58. The molecule has 0 bridgehead atoms. The SMILES string of the molecule is CCCC(=O)CC(=O)O.CCCC[O][Ti][O]CCCC. The Labute approximate surface area is 132 Å². The molecule has 0 atom stereocenters. The standard InChI is InChI=1S/C6H10O3.2C4H9O.Ti/c1-2-3-5(7)4-6(8)9;2*1-2-3-4-5;/h2-4H2,1H3,(H,8,9);2*2-4H2,1H3;/q;2*-1;+2. The van der Waals surface area contributed by atoms with Gasteiger partial charge in [0.25, 0.3) is 0 Å². The molecule has 1 N–H and O–H groups in total. The number of aliphatic carboxylic acids is 1. The molecule has 0 unspecified atom stereocenters. The Morgan fingerprint density at radius 3 is 1.80 bits per heavy atom. The minimum atomic E-state index is -1.03. The van der Waals surface area contributed by atoms with Crippen molar-refractivity contribution >= 4 is 11.8 Å². The maximum atomic E-state index is 10.5. The number of Topliss-reactive ketones (excluding diaryl/α,β-unsaturated/α-hetero) is 1. The summed E-state index contributed by atoms with van der Waals surface area (Å²) in [5.41, 5.74) is 0. The number of hydrogen-bond donors (Lipinski definition) is 1. The molecule has 0 aromatic carbocycles. The molecule has 0 spiro atoms. The van der Waals surface area contributed by atoms with Gasteiger partial charge in [0.1, 0.15) is 12.2 Å². The Bertz CT molecular complexity index is 226. The van der Waals surface area contributed by atoms with Crippen LogP contribution >= 0.6 is 0 Å². The number of rotatable bonds is 12. The van der Waals surface area contributed by atoms with Gasteiger partial charge in [-0.05, 0) is 6.42 Å². The molecule has 118 valence electrons. The zero-order valence-electron chi connectivity index (χ0n) is 12.9. The van der Waals surface area contributed by atoms with Crippen molar-refractivity contribution in [3.05, 3.63) is 0 Å². The third-order valence-corrected chi connectivity index (χ3v) is 3.20. The average molecular weight is 324 g/mol. The molecule has 0 fully saturated rings. The van der Waals surface area contributed by atoms with E-state index in [1.165, 1.54) is 25.7 Å². The van der Waals surface area contributed by atoms with Crippen LogP contribution in [0.3, 0.4) is 0 Å². The van der Waals surface area contributed by atoms with Crippen molar-refractivity contribution in [2.75, 3.05) is 13.2 Å². The second-order valence-electron chi connectivity index (χ2n) is 4.35. The molecular formula is C14H28O5Ti. The molecule has 0 aliphatic carbocycles. The second kappa shape index (κ2) is 18.8. The minimum absolute atomic E-state index is 0.190. The first kappa shape index (κ1) is 22.1. The van der Waals surface area contributed by atoms with E-state index < -0.39 is 25.9 Å². The van der Waals surface area contributed by atoms with E-state index in [4.69, 9.17) is 11.7 Å². The summed E-state index contributed by atoms with van der Waals surface area (Å²) < 4.78 is 10.6. The van der Waals surface area contributed by atoms with E-state index >= 15 is 0 Å². The van der Waals surface area contributed by atoms with Crippen LogP contribution in [0.5, 0.6) is 0 Å². The molecule has 0 aromatic heterocycles. The van der Waals surface area contributed by atoms with Gasteiger partial charge in [-0.1, -0.05) is 6.92 Å².